The Morgan fingerprint density at radius 2 is 2.06 bits per heavy atom. The van der Waals surface area contributed by atoms with Crippen LogP contribution in [0.1, 0.15) is 78.3 Å². The van der Waals surface area contributed by atoms with Gasteiger partial charge < -0.3 is 19.7 Å². The third kappa shape index (κ3) is 4.71. The van der Waals surface area contributed by atoms with Gasteiger partial charge in [0.05, 0.1) is 41.8 Å². The van der Waals surface area contributed by atoms with Crippen LogP contribution in [0, 0.1) is 5.82 Å². The van der Waals surface area contributed by atoms with Gasteiger partial charge in [-0.15, -0.1) is 0 Å². The predicted molar refractivity (Wildman–Crippen MR) is 116 cm³/mol. The standard InChI is InChI=1S/C24H29F4N3O3/c1-3-19(15-6-7-18(25)17(11-15)24(26,27)28)29-22(32)16-12-20(31-9-10-34-13-21(16)31)23(33)30-8-4-5-14(30)2/h6-7,11-12,14,19,23,33H,3-5,8-10,13H2,1-2H3,(H,29,32)/t14-,19-,23?/m0/s1. The molecule has 186 valence electrons. The summed E-state index contributed by atoms with van der Waals surface area (Å²) in [5.41, 5.74) is 0.343. The first-order valence-corrected chi connectivity index (χ1v) is 11.5. The number of nitrogens with one attached hydrogen (secondary N) is 1. The van der Waals surface area contributed by atoms with E-state index in [0.29, 0.717) is 36.5 Å². The van der Waals surface area contributed by atoms with Gasteiger partial charge in [0.25, 0.3) is 5.91 Å². The van der Waals surface area contributed by atoms with Crippen molar-refractivity contribution in [2.24, 2.45) is 0 Å². The van der Waals surface area contributed by atoms with Gasteiger partial charge in [-0.3, -0.25) is 9.69 Å². The van der Waals surface area contributed by atoms with Crippen molar-refractivity contribution < 1.29 is 32.2 Å². The number of carbonyl (C=O) groups is 1. The number of aliphatic hydroxyl groups excluding tert-OH is 1. The quantitative estimate of drug-likeness (QED) is 0.593. The molecule has 2 aliphatic heterocycles. The van der Waals surface area contributed by atoms with Crippen LogP contribution in [0.15, 0.2) is 24.3 Å². The van der Waals surface area contributed by atoms with Gasteiger partial charge in [-0.2, -0.15) is 13.2 Å². The second kappa shape index (κ2) is 9.67. The van der Waals surface area contributed by atoms with Crippen molar-refractivity contribution in [1.82, 2.24) is 14.8 Å². The van der Waals surface area contributed by atoms with Crippen molar-refractivity contribution in [3.05, 3.63) is 58.2 Å². The minimum atomic E-state index is -4.83. The Morgan fingerprint density at radius 1 is 1.29 bits per heavy atom. The Kier molecular flexibility index (Phi) is 7.02. The number of ether oxygens (including phenoxy) is 1. The molecule has 3 atom stereocenters. The maximum Gasteiger partial charge on any atom is 0.419 e. The molecule has 0 bridgehead atoms. The molecule has 1 aromatic carbocycles. The third-order valence-electron chi connectivity index (χ3n) is 6.78. The van der Waals surface area contributed by atoms with E-state index in [1.165, 1.54) is 6.07 Å². The Hall–Kier alpha value is -2.43. The first kappa shape index (κ1) is 24.7. The summed E-state index contributed by atoms with van der Waals surface area (Å²) in [6, 6.07) is 3.87. The Balaban J connectivity index is 1.62. The highest BCUT2D eigenvalue weighted by Gasteiger charge is 2.36. The fourth-order valence-corrected chi connectivity index (χ4v) is 4.89. The van der Waals surface area contributed by atoms with Crippen LogP contribution in [0.25, 0.3) is 0 Å². The number of nitrogens with zero attached hydrogens (tertiary/aromatic N) is 2. The van der Waals surface area contributed by atoms with Crippen molar-refractivity contribution in [1.29, 1.82) is 0 Å². The molecule has 2 aromatic rings. The van der Waals surface area contributed by atoms with Crippen molar-refractivity contribution in [3.8, 4) is 0 Å². The van der Waals surface area contributed by atoms with E-state index in [1.54, 1.807) is 13.0 Å². The number of aromatic nitrogens is 1. The Labute approximate surface area is 195 Å². The zero-order valence-corrected chi connectivity index (χ0v) is 19.2. The maximum atomic E-state index is 13.7. The van der Waals surface area contributed by atoms with Crippen molar-refractivity contribution in [3.63, 3.8) is 0 Å². The highest BCUT2D eigenvalue weighted by Crippen LogP contribution is 2.34. The molecule has 6 nitrogen and oxygen atoms in total. The molecule has 34 heavy (non-hydrogen) atoms. The largest absolute Gasteiger partial charge is 0.419 e. The van der Waals surface area contributed by atoms with E-state index in [4.69, 9.17) is 4.74 Å². The summed E-state index contributed by atoms with van der Waals surface area (Å²) in [6.07, 6.45) is -3.43. The maximum absolute atomic E-state index is 13.7. The zero-order valence-electron chi connectivity index (χ0n) is 19.2. The minimum absolute atomic E-state index is 0.167. The molecular formula is C24H29F4N3O3. The summed E-state index contributed by atoms with van der Waals surface area (Å²) in [7, 11) is 0. The molecule has 1 unspecified atom stereocenters. The number of aliphatic hydroxyl groups is 1. The molecule has 0 aliphatic carbocycles. The van der Waals surface area contributed by atoms with Crippen LogP contribution >= 0.6 is 0 Å². The van der Waals surface area contributed by atoms with Gasteiger partial charge in [0.2, 0.25) is 0 Å². The van der Waals surface area contributed by atoms with E-state index in [9.17, 15) is 27.5 Å². The Bertz CT molecular complexity index is 1050. The summed E-state index contributed by atoms with van der Waals surface area (Å²) in [5.74, 6) is -1.84. The van der Waals surface area contributed by atoms with Gasteiger partial charge in [0, 0.05) is 19.1 Å². The molecule has 0 saturated carbocycles. The van der Waals surface area contributed by atoms with Crippen LogP contribution in [0.2, 0.25) is 0 Å². The van der Waals surface area contributed by atoms with Gasteiger partial charge in [-0.25, -0.2) is 4.39 Å². The highest BCUT2D eigenvalue weighted by atomic mass is 19.4. The lowest BCUT2D eigenvalue weighted by molar-refractivity contribution is -0.140. The zero-order chi connectivity index (χ0) is 24.6. The van der Waals surface area contributed by atoms with Crippen LogP contribution in [-0.2, 0) is 24.1 Å². The third-order valence-corrected chi connectivity index (χ3v) is 6.78. The van der Waals surface area contributed by atoms with Gasteiger partial charge in [0.15, 0.2) is 0 Å². The first-order chi connectivity index (χ1) is 16.1. The van der Waals surface area contributed by atoms with Crippen LogP contribution in [-0.4, -0.2) is 39.7 Å². The van der Waals surface area contributed by atoms with E-state index in [1.807, 2.05) is 9.47 Å². The molecule has 1 fully saturated rings. The van der Waals surface area contributed by atoms with E-state index in [-0.39, 0.29) is 18.2 Å². The van der Waals surface area contributed by atoms with E-state index in [2.05, 4.69) is 12.2 Å². The molecule has 10 heteroatoms. The van der Waals surface area contributed by atoms with E-state index >= 15 is 0 Å². The SMILES string of the molecule is CC[C@H](NC(=O)c1cc(C(O)N2CCC[C@@H]2C)n2c1COCC2)c1ccc(F)c(C(F)(F)F)c1. The molecule has 4 rings (SSSR count). The average molecular weight is 484 g/mol. The summed E-state index contributed by atoms with van der Waals surface area (Å²) in [6.45, 7) is 5.66. The second-order valence-corrected chi connectivity index (χ2v) is 8.91. The number of rotatable bonds is 6. The van der Waals surface area contributed by atoms with Crippen molar-refractivity contribution in [2.75, 3.05) is 13.2 Å². The first-order valence-electron chi connectivity index (χ1n) is 11.5. The number of hydrogen-bond acceptors (Lipinski definition) is 4. The second-order valence-electron chi connectivity index (χ2n) is 8.91. The lowest BCUT2D eigenvalue weighted by Crippen LogP contribution is -2.33. The number of carbonyl (C=O) groups excluding carboxylic acids is 1. The number of likely N-dealkylation sites (tertiary alicyclic amines) is 1. The van der Waals surface area contributed by atoms with Crippen LogP contribution in [0.3, 0.4) is 0 Å². The predicted octanol–water partition coefficient (Wildman–Crippen LogP) is 4.53. The number of benzene rings is 1. The van der Waals surface area contributed by atoms with Gasteiger partial charge >= 0.3 is 6.18 Å². The lowest BCUT2D eigenvalue weighted by Gasteiger charge is -2.29. The van der Waals surface area contributed by atoms with Crippen LogP contribution in [0.5, 0.6) is 0 Å². The summed E-state index contributed by atoms with van der Waals surface area (Å²) < 4.78 is 60.7. The molecule has 2 aliphatic rings. The van der Waals surface area contributed by atoms with E-state index in [0.717, 1.165) is 31.5 Å². The fraction of sp³-hybridized carbons (Fsp3) is 0.542. The molecule has 1 amide bonds. The summed E-state index contributed by atoms with van der Waals surface area (Å²) in [4.78, 5) is 15.2. The molecule has 0 spiro atoms. The minimum Gasteiger partial charge on any atom is -0.373 e. The normalized spacial score (nSPS) is 20.7. The molecular weight excluding hydrogens is 454 g/mol. The molecule has 1 aromatic heterocycles. The van der Waals surface area contributed by atoms with Crippen LogP contribution in [0.4, 0.5) is 17.6 Å². The average Bonchev–Trinajstić information content (AvgIpc) is 3.40. The fourth-order valence-electron chi connectivity index (χ4n) is 4.89. The van der Waals surface area contributed by atoms with Gasteiger partial charge in [-0.1, -0.05) is 13.0 Å². The van der Waals surface area contributed by atoms with Crippen molar-refractivity contribution >= 4 is 5.91 Å². The van der Waals surface area contributed by atoms with Crippen LogP contribution < -0.4 is 5.32 Å². The lowest BCUT2D eigenvalue weighted by atomic mass is 10.0. The Morgan fingerprint density at radius 3 is 2.71 bits per heavy atom. The molecule has 0 radical (unpaired) electrons. The number of hydrogen-bond donors (Lipinski definition) is 2. The molecule has 1 saturated heterocycles. The highest BCUT2D eigenvalue weighted by molar-refractivity contribution is 5.96. The summed E-state index contributed by atoms with van der Waals surface area (Å²) >= 11 is 0. The van der Waals surface area contributed by atoms with Gasteiger partial charge in [-0.05, 0) is 49.9 Å². The number of halogens is 4. The number of amides is 1. The summed E-state index contributed by atoms with van der Waals surface area (Å²) in [5, 5.41) is 13.9. The topological polar surface area (TPSA) is 66.7 Å². The molecule has 2 N–H and O–H groups in total. The van der Waals surface area contributed by atoms with Gasteiger partial charge in [0.1, 0.15) is 12.0 Å². The smallest absolute Gasteiger partial charge is 0.373 e. The monoisotopic (exact) mass is 483 g/mol. The number of fused-ring (bicyclic) bond motifs is 1. The van der Waals surface area contributed by atoms with E-state index < -0.39 is 35.7 Å². The number of alkyl halides is 3. The molecule has 3 heterocycles. The van der Waals surface area contributed by atoms with Crippen molar-refractivity contribution in [2.45, 2.75) is 70.7 Å².